The normalized spacial score (nSPS) is 17.7. The summed E-state index contributed by atoms with van der Waals surface area (Å²) in [6, 6.07) is 0. The van der Waals surface area contributed by atoms with E-state index in [-0.39, 0.29) is 0 Å². The third-order valence-corrected chi connectivity index (χ3v) is 1.43. The number of hydrogen-bond donors (Lipinski definition) is 0. The van der Waals surface area contributed by atoms with Crippen LogP contribution in [0.2, 0.25) is 0 Å². The molecule has 1 aliphatic carbocycles. The highest BCUT2D eigenvalue weighted by Gasteiger charge is 1.96. The minimum absolute atomic E-state index is 0.796. The molecule has 0 N–H and O–H groups in total. The lowest BCUT2D eigenvalue weighted by Gasteiger charge is -2.05. The molecule has 0 radical (unpaired) electrons. The third kappa shape index (κ3) is 2.02. The van der Waals surface area contributed by atoms with Gasteiger partial charge in [0.05, 0.1) is 6.61 Å². The van der Waals surface area contributed by atoms with Crippen molar-refractivity contribution in [1.29, 1.82) is 0 Å². The Bertz CT molecular complexity index is 134. The number of ether oxygens (including phenoxy) is 1. The fourth-order valence-corrected chi connectivity index (χ4v) is 0.958. The van der Waals surface area contributed by atoms with Crippen molar-refractivity contribution in [2.45, 2.75) is 12.8 Å². The Morgan fingerprint density at radius 1 is 1.67 bits per heavy atom. The summed E-state index contributed by atoms with van der Waals surface area (Å²) in [6.45, 7) is 0.796. The smallest absolute Gasteiger partial charge is 0.0676 e. The van der Waals surface area contributed by atoms with E-state index in [2.05, 4.69) is 18.2 Å². The predicted octanol–water partition coefficient (Wildman–Crippen LogP) is 1.91. The number of hydrogen-bond acceptors (Lipinski definition) is 1. The molecule has 50 valence electrons. The zero-order chi connectivity index (χ0) is 6.53. The molecule has 0 bridgehead atoms. The van der Waals surface area contributed by atoms with Crippen molar-refractivity contribution in [2.75, 3.05) is 13.7 Å². The van der Waals surface area contributed by atoms with E-state index in [9.17, 15) is 0 Å². The highest BCUT2D eigenvalue weighted by Crippen LogP contribution is 2.10. The van der Waals surface area contributed by atoms with Crippen LogP contribution in [0.1, 0.15) is 12.8 Å². The highest BCUT2D eigenvalue weighted by atomic mass is 16.5. The Labute approximate surface area is 56.0 Å². The Hall–Kier alpha value is -0.560. The van der Waals surface area contributed by atoms with Crippen molar-refractivity contribution >= 4 is 0 Å². The molecule has 0 spiro atoms. The summed E-state index contributed by atoms with van der Waals surface area (Å²) in [5.74, 6) is 0. The molecule has 0 saturated heterocycles. The Kier molecular flexibility index (Phi) is 2.52. The maximum Gasteiger partial charge on any atom is 0.0676 e. The van der Waals surface area contributed by atoms with Gasteiger partial charge in [-0.2, -0.15) is 0 Å². The lowest BCUT2D eigenvalue weighted by molar-refractivity contribution is 0.223. The van der Waals surface area contributed by atoms with Crippen molar-refractivity contribution in [3.05, 3.63) is 23.8 Å². The molecule has 0 atom stereocenters. The minimum Gasteiger partial charge on any atom is -0.380 e. The Balaban J connectivity index is 2.38. The maximum atomic E-state index is 4.98. The average molecular weight is 124 g/mol. The van der Waals surface area contributed by atoms with E-state index in [1.165, 1.54) is 18.4 Å². The molecule has 0 aromatic carbocycles. The van der Waals surface area contributed by atoms with E-state index < -0.39 is 0 Å². The molecule has 0 fully saturated rings. The first-order chi connectivity index (χ1) is 4.43. The predicted molar refractivity (Wildman–Crippen MR) is 38.3 cm³/mol. The Morgan fingerprint density at radius 3 is 3.11 bits per heavy atom. The summed E-state index contributed by atoms with van der Waals surface area (Å²) in [4.78, 5) is 0. The molecule has 1 heteroatoms. The van der Waals surface area contributed by atoms with Crippen molar-refractivity contribution < 1.29 is 4.74 Å². The fraction of sp³-hybridized carbons (Fsp3) is 0.500. The second-order valence-corrected chi connectivity index (χ2v) is 2.22. The van der Waals surface area contributed by atoms with Crippen LogP contribution in [0.3, 0.4) is 0 Å². The van der Waals surface area contributed by atoms with Gasteiger partial charge >= 0.3 is 0 Å². The maximum absolute atomic E-state index is 4.98. The van der Waals surface area contributed by atoms with Crippen molar-refractivity contribution in [3.8, 4) is 0 Å². The van der Waals surface area contributed by atoms with E-state index in [0.29, 0.717) is 0 Å². The minimum atomic E-state index is 0.796. The van der Waals surface area contributed by atoms with Crippen LogP contribution in [0.15, 0.2) is 23.8 Å². The first-order valence-electron chi connectivity index (χ1n) is 3.27. The lowest BCUT2D eigenvalue weighted by atomic mass is 10.1. The van der Waals surface area contributed by atoms with Gasteiger partial charge in [0.1, 0.15) is 0 Å². The van der Waals surface area contributed by atoms with Crippen LogP contribution in [0, 0.1) is 0 Å². The second kappa shape index (κ2) is 3.46. The van der Waals surface area contributed by atoms with E-state index in [0.717, 1.165) is 6.61 Å². The van der Waals surface area contributed by atoms with E-state index in [1.54, 1.807) is 7.11 Å². The molecular formula is C8H12O. The zero-order valence-corrected chi connectivity index (χ0v) is 5.76. The van der Waals surface area contributed by atoms with Crippen LogP contribution in [0.4, 0.5) is 0 Å². The Morgan fingerprint density at radius 2 is 2.56 bits per heavy atom. The van der Waals surface area contributed by atoms with Gasteiger partial charge < -0.3 is 4.74 Å². The molecule has 0 saturated carbocycles. The van der Waals surface area contributed by atoms with Gasteiger partial charge in [-0.1, -0.05) is 18.2 Å². The van der Waals surface area contributed by atoms with Gasteiger partial charge in [0, 0.05) is 7.11 Å². The summed E-state index contributed by atoms with van der Waals surface area (Å²) in [5, 5.41) is 0. The van der Waals surface area contributed by atoms with Gasteiger partial charge in [0.25, 0.3) is 0 Å². The molecule has 0 heterocycles. The van der Waals surface area contributed by atoms with Crippen molar-refractivity contribution in [3.63, 3.8) is 0 Å². The summed E-state index contributed by atoms with van der Waals surface area (Å²) < 4.78 is 4.98. The third-order valence-electron chi connectivity index (χ3n) is 1.43. The largest absolute Gasteiger partial charge is 0.380 e. The molecule has 0 aromatic heterocycles. The fourth-order valence-electron chi connectivity index (χ4n) is 0.958. The van der Waals surface area contributed by atoms with Crippen molar-refractivity contribution in [1.82, 2.24) is 0 Å². The molecule has 0 unspecified atom stereocenters. The number of allylic oxidation sites excluding steroid dienone is 3. The van der Waals surface area contributed by atoms with Crippen LogP contribution in [0.25, 0.3) is 0 Å². The molecule has 0 aliphatic heterocycles. The molecular weight excluding hydrogens is 112 g/mol. The van der Waals surface area contributed by atoms with Gasteiger partial charge in [0.2, 0.25) is 0 Å². The summed E-state index contributed by atoms with van der Waals surface area (Å²) in [7, 11) is 1.74. The topological polar surface area (TPSA) is 9.23 Å². The first-order valence-corrected chi connectivity index (χ1v) is 3.27. The van der Waals surface area contributed by atoms with Crippen molar-refractivity contribution in [2.24, 2.45) is 0 Å². The van der Waals surface area contributed by atoms with Crippen LogP contribution >= 0.6 is 0 Å². The SMILES string of the molecule is COCC1=CC=CCC1. The van der Waals surface area contributed by atoms with Gasteiger partial charge in [-0.05, 0) is 18.4 Å². The second-order valence-electron chi connectivity index (χ2n) is 2.22. The molecule has 0 amide bonds. The monoisotopic (exact) mass is 124 g/mol. The van der Waals surface area contributed by atoms with Gasteiger partial charge in [-0.25, -0.2) is 0 Å². The molecule has 0 aromatic rings. The average Bonchev–Trinajstić information content (AvgIpc) is 1.91. The lowest BCUT2D eigenvalue weighted by Crippen LogP contribution is -1.95. The standard InChI is InChI=1S/C8H12O/c1-9-7-8-5-3-2-4-6-8/h2-3,5H,4,6-7H2,1H3. The van der Waals surface area contributed by atoms with Crippen LogP contribution < -0.4 is 0 Å². The van der Waals surface area contributed by atoms with Crippen LogP contribution in [-0.4, -0.2) is 13.7 Å². The number of methoxy groups -OCH3 is 1. The number of rotatable bonds is 2. The van der Waals surface area contributed by atoms with Gasteiger partial charge in [0.15, 0.2) is 0 Å². The quantitative estimate of drug-likeness (QED) is 0.546. The van der Waals surface area contributed by atoms with Gasteiger partial charge in [-0.3, -0.25) is 0 Å². The summed E-state index contributed by atoms with van der Waals surface area (Å²) >= 11 is 0. The highest BCUT2D eigenvalue weighted by molar-refractivity contribution is 5.17. The van der Waals surface area contributed by atoms with Crippen LogP contribution in [0.5, 0.6) is 0 Å². The van der Waals surface area contributed by atoms with Gasteiger partial charge in [-0.15, -0.1) is 0 Å². The van der Waals surface area contributed by atoms with E-state index in [4.69, 9.17) is 4.74 Å². The molecule has 1 nitrogen and oxygen atoms in total. The van der Waals surface area contributed by atoms with E-state index >= 15 is 0 Å². The molecule has 1 aliphatic rings. The molecule has 1 rings (SSSR count). The van der Waals surface area contributed by atoms with Crippen LogP contribution in [-0.2, 0) is 4.74 Å². The zero-order valence-electron chi connectivity index (χ0n) is 5.76. The molecule has 9 heavy (non-hydrogen) atoms. The first kappa shape index (κ1) is 6.56. The summed E-state index contributed by atoms with van der Waals surface area (Å²) in [5.41, 5.74) is 1.40. The van der Waals surface area contributed by atoms with E-state index in [1.807, 2.05) is 0 Å². The summed E-state index contributed by atoms with van der Waals surface area (Å²) in [6.07, 6.45) is 8.75.